The summed E-state index contributed by atoms with van der Waals surface area (Å²) in [5.74, 6) is 2.34. The second kappa shape index (κ2) is 11.4. The Morgan fingerprint density at radius 2 is 1.25 bits per heavy atom. The number of alkyl halides is 3. The quantitative estimate of drug-likeness (QED) is 0.111. The standard InChI is InChI=1S/C28H24NO3.CHF3O3S/c1-30-22-13-11-19(12-14-22)26-9-6-10-27-25-8-5-4-7-20(25)17-28(29(26)27)21-15-23(31-2)18-24(16-21)32-3;2-1(3,4)8(5,6)7/h4-18H,1-3H3;(H,5,6,7)/q+1;/p-1. The van der Waals surface area contributed by atoms with Crippen LogP contribution in [0.15, 0.2) is 91.0 Å². The Labute approximate surface area is 228 Å². The number of pyridine rings is 2. The maximum absolute atomic E-state index is 10.7. The molecule has 5 rings (SSSR count). The smallest absolute Gasteiger partial charge is 0.485 e. The van der Waals surface area contributed by atoms with Crippen LogP contribution in [-0.4, -0.2) is 39.8 Å². The molecule has 0 atom stereocenters. The van der Waals surface area contributed by atoms with Crippen LogP contribution in [-0.2, 0) is 10.1 Å². The van der Waals surface area contributed by atoms with Gasteiger partial charge in [0.15, 0.2) is 10.1 Å². The van der Waals surface area contributed by atoms with E-state index in [4.69, 9.17) is 27.2 Å². The van der Waals surface area contributed by atoms with E-state index in [0.717, 1.165) is 45.3 Å². The van der Waals surface area contributed by atoms with Crippen LogP contribution in [0.1, 0.15) is 0 Å². The van der Waals surface area contributed by atoms with Gasteiger partial charge in [0, 0.05) is 29.8 Å². The molecule has 2 heterocycles. The highest BCUT2D eigenvalue weighted by Gasteiger charge is 2.37. The molecule has 40 heavy (non-hydrogen) atoms. The highest BCUT2D eigenvalue weighted by Crippen LogP contribution is 2.32. The Balaban J connectivity index is 0.000000406. The number of aromatic nitrogens is 1. The third-order valence-electron chi connectivity index (χ3n) is 6.08. The van der Waals surface area contributed by atoms with Gasteiger partial charge >= 0.3 is 5.51 Å². The van der Waals surface area contributed by atoms with Crippen molar-refractivity contribution in [1.82, 2.24) is 0 Å². The summed E-state index contributed by atoms with van der Waals surface area (Å²) in [5.41, 5.74) is -0.244. The number of halogens is 3. The zero-order valence-corrected chi connectivity index (χ0v) is 22.4. The summed E-state index contributed by atoms with van der Waals surface area (Å²) in [4.78, 5) is 0. The Morgan fingerprint density at radius 3 is 1.80 bits per heavy atom. The lowest BCUT2D eigenvalue weighted by Gasteiger charge is -2.11. The highest BCUT2D eigenvalue weighted by atomic mass is 32.2. The molecule has 11 heteroatoms. The van der Waals surface area contributed by atoms with Crippen LogP contribution in [0, 0.1) is 0 Å². The van der Waals surface area contributed by atoms with E-state index in [9.17, 15) is 13.2 Å². The monoisotopic (exact) mass is 571 g/mol. The minimum atomic E-state index is -6.09. The molecular formula is C29H24F3NO6S. The van der Waals surface area contributed by atoms with Crippen molar-refractivity contribution in [2.45, 2.75) is 5.51 Å². The molecule has 7 nitrogen and oxygen atoms in total. The summed E-state index contributed by atoms with van der Waals surface area (Å²) in [6.45, 7) is 0. The minimum absolute atomic E-state index is 0.753. The van der Waals surface area contributed by atoms with Crippen LogP contribution in [0.3, 0.4) is 0 Å². The zero-order valence-electron chi connectivity index (χ0n) is 21.6. The van der Waals surface area contributed by atoms with E-state index < -0.39 is 15.6 Å². The number of hydrogen-bond donors (Lipinski definition) is 0. The van der Waals surface area contributed by atoms with Gasteiger partial charge in [0.25, 0.3) is 0 Å². The molecule has 0 amide bonds. The van der Waals surface area contributed by atoms with E-state index in [1.54, 1.807) is 21.3 Å². The average molecular weight is 572 g/mol. The fraction of sp³-hybridized carbons (Fsp3) is 0.138. The van der Waals surface area contributed by atoms with Crippen LogP contribution in [0.25, 0.3) is 38.8 Å². The Kier molecular flexibility index (Phi) is 8.17. The second-order valence-electron chi connectivity index (χ2n) is 8.48. The first-order valence-corrected chi connectivity index (χ1v) is 13.1. The first-order chi connectivity index (χ1) is 19.0. The molecule has 0 spiro atoms. The molecule has 3 aromatic carbocycles. The van der Waals surface area contributed by atoms with E-state index in [0.29, 0.717) is 0 Å². The Morgan fingerprint density at radius 1 is 0.675 bits per heavy atom. The van der Waals surface area contributed by atoms with Crippen LogP contribution >= 0.6 is 0 Å². The van der Waals surface area contributed by atoms with Crippen molar-refractivity contribution < 1.29 is 44.8 Å². The maximum atomic E-state index is 10.7. The molecule has 0 aliphatic rings. The third kappa shape index (κ3) is 5.95. The number of nitrogens with zero attached hydrogens (tertiary/aromatic N) is 1. The van der Waals surface area contributed by atoms with Gasteiger partial charge in [-0.1, -0.05) is 18.2 Å². The van der Waals surface area contributed by atoms with Crippen molar-refractivity contribution in [1.29, 1.82) is 0 Å². The van der Waals surface area contributed by atoms with Crippen molar-refractivity contribution in [3.63, 3.8) is 0 Å². The van der Waals surface area contributed by atoms with Gasteiger partial charge in [0.1, 0.15) is 17.2 Å². The van der Waals surface area contributed by atoms with Gasteiger partial charge in [0.05, 0.1) is 32.3 Å². The predicted molar refractivity (Wildman–Crippen MR) is 143 cm³/mol. The van der Waals surface area contributed by atoms with Crippen LogP contribution < -0.4 is 18.6 Å². The molecule has 0 fully saturated rings. The first-order valence-electron chi connectivity index (χ1n) is 11.7. The number of rotatable bonds is 5. The fourth-order valence-corrected chi connectivity index (χ4v) is 4.20. The first kappa shape index (κ1) is 28.7. The number of methoxy groups -OCH3 is 3. The molecule has 0 unspecified atom stereocenters. The van der Waals surface area contributed by atoms with Gasteiger partial charge in [0.2, 0.25) is 16.9 Å². The number of benzene rings is 3. The molecule has 0 N–H and O–H groups in total. The largest absolute Gasteiger partial charge is 0.741 e. The average Bonchev–Trinajstić information content (AvgIpc) is 2.95. The fourth-order valence-electron chi connectivity index (χ4n) is 4.20. The summed E-state index contributed by atoms with van der Waals surface area (Å²) in [7, 11) is -1.06. The maximum Gasteiger partial charge on any atom is 0.485 e. The lowest BCUT2D eigenvalue weighted by molar-refractivity contribution is -0.485. The SMILES string of the molecule is COc1ccc(-c2cccc3c4ccccc4cc(-c4cc(OC)cc(OC)c4)[n+]23)cc1.O=S(=O)([O-])C(F)(F)F. The van der Waals surface area contributed by atoms with Crippen molar-refractivity contribution >= 4 is 26.4 Å². The van der Waals surface area contributed by atoms with Gasteiger partial charge in [-0.05, 0) is 53.9 Å². The zero-order chi connectivity index (χ0) is 29.1. The summed E-state index contributed by atoms with van der Waals surface area (Å²) in [6.07, 6.45) is 0. The van der Waals surface area contributed by atoms with Gasteiger partial charge in [-0.15, -0.1) is 0 Å². The molecule has 0 bridgehead atoms. The predicted octanol–water partition coefficient (Wildman–Crippen LogP) is 5.99. The molecule has 0 aliphatic carbocycles. The Bertz CT molecular complexity index is 1750. The van der Waals surface area contributed by atoms with Crippen LogP contribution in [0.5, 0.6) is 17.2 Å². The summed E-state index contributed by atoms with van der Waals surface area (Å²) in [5, 5.41) is 2.37. The van der Waals surface area contributed by atoms with E-state index in [-0.39, 0.29) is 0 Å². The normalized spacial score (nSPS) is 11.6. The molecule has 0 aliphatic heterocycles. The number of ether oxygens (including phenoxy) is 3. The third-order valence-corrected chi connectivity index (χ3v) is 6.64. The van der Waals surface area contributed by atoms with Crippen LogP contribution in [0.4, 0.5) is 13.2 Å². The van der Waals surface area contributed by atoms with Crippen molar-refractivity contribution in [2.75, 3.05) is 21.3 Å². The van der Waals surface area contributed by atoms with Crippen molar-refractivity contribution in [3.05, 3.63) is 91.0 Å². The summed E-state index contributed by atoms with van der Waals surface area (Å²) < 4.78 is 77.7. The summed E-state index contributed by atoms with van der Waals surface area (Å²) >= 11 is 0. The van der Waals surface area contributed by atoms with Crippen molar-refractivity contribution in [2.24, 2.45) is 0 Å². The van der Waals surface area contributed by atoms with E-state index >= 15 is 0 Å². The van der Waals surface area contributed by atoms with Gasteiger partial charge < -0.3 is 18.8 Å². The molecule has 0 saturated carbocycles. The molecule has 208 valence electrons. The van der Waals surface area contributed by atoms with E-state index in [1.807, 2.05) is 30.3 Å². The van der Waals surface area contributed by atoms with Gasteiger partial charge in [-0.25, -0.2) is 8.42 Å². The van der Waals surface area contributed by atoms with Gasteiger partial charge in [-0.2, -0.15) is 17.6 Å². The lowest BCUT2D eigenvalue weighted by atomic mass is 10.0. The van der Waals surface area contributed by atoms with E-state index in [1.165, 1.54) is 10.8 Å². The topological polar surface area (TPSA) is 89.0 Å². The molecular weight excluding hydrogens is 547 g/mol. The number of hydrogen-bond acceptors (Lipinski definition) is 6. The van der Waals surface area contributed by atoms with E-state index in [2.05, 4.69) is 65.1 Å². The van der Waals surface area contributed by atoms with Crippen molar-refractivity contribution in [3.8, 4) is 39.8 Å². The summed E-state index contributed by atoms with van der Waals surface area (Å²) in [6, 6.07) is 31.2. The Hall–Kier alpha value is -4.35. The molecule has 5 aromatic rings. The van der Waals surface area contributed by atoms with Crippen LogP contribution in [0.2, 0.25) is 0 Å². The molecule has 2 aromatic heterocycles. The molecule has 0 radical (unpaired) electrons. The lowest BCUT2D eigenvalue weighted by Crippen LogP contribution is -2.28. The second-order valence-corrected chi connectivity index (χ2v) is 9.85. The minimum Gasteiger partial charge on any atom is -0.741 e. The highest BCUT2D eigenvalue weighted by molar-refractivity contribution is 7.86. The van der Waals surface area contributed by atoms with Gasteiger partial charge in [-0.3, -0.25) is 0 Å². The molecule has 0 saturated heterocycles. The number of fused-ring (bicyclic) bond motifs is 3.